The molecule has 0 fully saturated rings. The summed E-state index contributed by atoms with van der Waals surface area (Å²) < 4.78 is 4.63. The van der Waals surface area contributed by atoms with Crippen LogP contribution in [-0.2, 0) is 4.74 Å². The fourth-order valence-corrected chi connectivity index (χ4v) is 1.73. The van der Waals surface area contributed by atoms with Gasteiger partial charge in [-0.25, -0.2) is 4.79 Å². The molecule has 86 valence electrons. The van der Waals surface area contributed by atoms with Crippen LogP contribution in [0.5, 0.6) is 5.75 Å². The fraction of sp³-hybridized carbons (Fsp3) is 0.0714. The van der Waals surface area contributed by atoms with Crippen LogP contribution in [0.25, 0.3) is 16.8 Å². The summed E-state index contributed by atoms with van der Waals surface area (Å²) in [6.45, 7) is 3.68. The molecular formula is C14H12O3. The van der Waals surface area contributed by atoms with Crippen molar-refractivity contribution in [2.24, 2.45) is 0 Å². The van der Waals surface area contributed by atoms with Gasteiger partial charge >= 0.3 is 5.97 Å². The molecule has 2 aromatic carbocycles. The molecule has 0 saturated carbocycles. The molecule has 3 heteroatoms. The second-order valence-electron chi connectivity index (χ2n) is 3.67. The Bertz CT molecular complexity index is 600. The Morgan fingerprint density at radius 3 is 2.76 bits per heavy atom. The number of rotatable bonds is 2. The van der Waals surface area contributed by atoms with Crippen LogP contribution in [-0.4, -0.2) is 18.2 Å². The van der Waals surface area contributed by atoms with E-state index >= 15 is 0 Å². The molecule has 0 saturated heterocycles. The van der Waals surface area contributed by atoms with Crippen LogP contribution < -0.4 is 0 Å². The molecule has 2 aromatic rings. The van der Waals surface area contributed by atoms with Crippen molar-refractivity contribution < 1.29 is 14.6 Å². The Hall–Kier alpha value is -2.29. The number of carbonyl (C=O) groups is 1. The smallest absolute Gasteiger partial charge is 0.338 e. The van der Waals surface area contributed by atoms with Gasteiger partial charge in [0.2, 0.25) is 0 Å². The van der Waals surface area contributed by atoms with Crippen molar-refractivity contribution in [1.29, 1.82) is 0 Å². The first kappa shape index (κ1) is 11.2. The minimum atomic E-state index is -0.466. The van der Waals surface area contributed by atoms with E-state index in [1.54, 1.807) is 18.2 Å². The van der Waals surface area contributed by atoms with E-state index in [0.29, 0.717) is 10.9 Å². The minimum absolute atomic E-state index is 0.0681. The number of phenolic OH excluding ortho intramolecular Hbond substituents is 1. The summed E-state index contributed by atoms with van der Waals surface area (Å²) in [7, 11) is 1.31. The first-order valence-electron chi connectivity index (χ1n) is 5.13. The Kier molecular flexibility index (Phi) is 2.83. The number of fused-ring (bicyclic) bond motifs is 1. The number of aromatic hydroxyl groups is 1. The lowest BCUT2D eigenvalue weighted by Gasteiger charge is -2.05. The second kappa shape index (κ2) is 4.29. The number of phenols is 1. The van der Waals surface area contributed by atoms with E-state index in [0.717, 1.165) is 10.9 Å². The van der Waals surface area contributed by atoms with Crippen LogP contribution in [0.3, 0.4) is 0 Å². The number of esters is 1. The largest absolute Gasteiger partial charge is 0.507 e. The van der Waals surface area contributed by atoms with Crippen molar-refractivity contribution in [3.63, 3.8) is 0 Å². The predicted octanol–water partition coefficient (Wildman–Crippen LogP) is 2.98. The minimum Gasteiger partial charge on any atom is -0.507 e. The van der Waals surface area contributed by atoms with Crippen molar-refractivity contribution in [3.8, 4) is 5.75 Å². The summed E-state index contributed by atoms with van der Waals surface area (Å²) >= 11 is 0. The van der Waals surface area contributed by atoms with Gasteiger partial charge in [-0.1, -0.05) is 24.8 Å². The van der Waals surface area contributed by atoms with Crippen LogP contribution in [0.15, 0.2) is 36.9 Å². The Balaban J connectivity index is 2.69. The van der Waals surface area contributed by atoms with Crippen molar-refractivity contribution in [2.75, 3.05) is 7.11 Å². The van der Waals surface area contributed by atoms with E-state index in [-0.39, 0.29) is 5.75 Å². The zero-order chi connectivity index (χ0) is 12.4. The molecule has 2 rings (SSSR count). The summed E-state index contributed by atoms with van der Waals surface area (Å²) in [5.41, 5.74) is 1.26. The Morgan fingerprint density at radius 1 is 1.35 bits per heavy atom. The monoisotopic (exact) mass is 228 g/mol. The average molecular weight is 228 g/mol. The molecule has 0 spiro atoms. The number of benzene rings is 2. The van der Waals surface area contributed by atoms with Gasteiger partial charge in [-0.15, -0.1) is 0 Å². The van der Waals surface area contributed by atoms with Crippen LogP contribution in [0.2, 0.25) is 0 Å². The highest BCUT2D eigenvalue weighted by Crippen LogP contribution is 2.28. The zero-order valence-electron chi connectivity index (χ0n) is 9.43. The summed E-state index contributed by atoms with van der Waals surface area (Å²) in [6, 6.07) is 8.60. The van der Waals surface area contributed by atoms with Crippen molar-refractivity contribution >= 4 is 22.8 Å². The molecule has 0 heterocycles. The van der Waals surface area contributed by atoms with Gasteiger partial charge in [0.15, 0.2) is 0 Å². The third-order valence-electron chi connectivity index (χ3n) is 2.61. The normalized spacial score (nSPS) is 10.2. The molecular weight excluding hydrogens is 216 g/mol. The van der Waals surface area contributed by atoms with E-state index in [2.05, 4.69) is 11.3 Å². The molecule has 3 nitrogen and oxygen atoms in total. The first-order valence-corrected chi connectivity index (χ1v) is 5.13. The highest BCUT2D eigenvalue weighted by Gasteiger charge is 2.09. The molecule has 0 aromatic heterocycles. The van der Waals surface area contributed by atoms with E-state index in [1.165, 1.54) is 13.2 Å². The van der Waals surface area contributed by atoms with E-state index in [1.807, 2.05) is 12.1 Å². The number of carbonyl (C=O) groups excluding carboxylic acids is 1. The van der Waals surface area contributed by atoms with E-state index in [4.69, 9.17) is 0 Å². The molecule has 1 N–H and O–H groups in total. The summed E-state index contributed by atoms with van der Waals surface area (Å²) in [5.74, 6) is -0.398. The molecule has 0 unspecified atom stereocenters. The van der Waals surface area contributed by atoms with Crippen LogP contribution in [0.1, 0.15) is 15.9 Å². The van der Waals surface area contributed by atoms with Gasteiger partial charge in [-0.2, -0.15) is 0 Å². The third kappa shape index (κ3) is 1.99. The lowest BCUT2D eigenvalue weighted by Crippen LogP contribution is -2.00. The van der Waals surface area contributed by atoms with Crippen molar-refractivity contribution in [1.82, 2.24) is 0 Å². The standard InChI is InChI=1S/C14H12O3/c1-3-9-4-5-12-10(6-9)7-11(8-13(12)15)14(16)17-2/h3-8,15H,1H2,2H3. The van der Waals surface area contributed by atoms with Crippen LogP contribution >= 0.6 is 0 Å². The topological polar surface area (TPSA) is 46.5 Å². The summed E-state index contributed by atoms with van der Waals surface area (Å²) in [4.78, 5) is 11.4. The first-order chi connectivity index (χ1) is 8.15. The second-order valence-corrected chi connectivity index (χ2v) is 3.67. The molecule has 0 radical (unpaired) electrons. The number of hydrogen-bond donors (Lipinski definition) is 1. The lowest BCUT2D eigenvalue weighted by atomic mass is 10.0. The number of hydrogen-bond acceptors (Lipinski definition) is 3. The van der Waals surface area contributed by atoms with Gasteiger partial charge in [0.25, 0.3) is 0 Å². The highest BCUT2D eigenvalue weighted by molar-refractivity contribution is 5.98. The van der Waals surface area contributed by atoms with Gasteiger partial charge < -0.3 is 9.84 Å². The molecule has 0 bridgehead atoms. The lowest BCUT2D eigenvalue weighted by molar-refractivity contribution is 0.0600. The maximum Gasteiger partial charge on any atom is 0.338 e. The highest BCUT2D eigenvalue weighted by atomic mass is 16.5. The number of methoxy groups -OCH3 is 1. The molecule has 0 aliphatic heterocycles. The molecule has 17 heavy (non-hydrogen) atoms. The van der Waals surface area contributed by atoms with E-state index in [9.17, 15) is 9.90 Å². The predicted molar refractivity (Wildman–Crippen MR) is 67.0 cm³/mol. The third-order valence-corrected chi connectivity index (χ3v) is 2.61. The van der Waals surface area contributed by atoms with Gasteiger partial charge in [-0.05, 0) is 29.1 Å². The van der Waals surface area contributed by atoms with Crippen molar-refractivity contribution in [3.05, 3.63) is 48.0 Å². The van der Waals surface area contributed by atoms with Crippen molar-refractivity contribution in [2.45, 2.75) is 0 Å². The summed E-state index contributed by atoms with van der Waals surface area (Å²) in [5, 5.41) is 11.3. The zero-order valence-corrected chi connectivity index (χ0v) is 9.43. The molecule has 0 aliphatic rings. The molecule has 0 aliphatic carbocycles. The number of ether oxygens (including phenoxy) is 1. The van der Waals surface area contributed by atoms with E-state index < -0.39 is 5.97 Å². The Morgan fingerprint density at radius 2 is 2.12 bits per heavy atom. The van der Waals surface area contributed by atoms with Gasteiger partial charge in [0, 0.05) is 5.39 Å². The van der Waals surface area contributed by atoms with Crippen LogP contribution in [0.4, 0.5) is 0 Å². The molecule has 0 amide bonds. The van der Waals surface area contributed by atoms with Gasteiger partial charge in [0.05, 0.1) is 12.7 Å². The molecule has 0 atom stereocenters. The van der Waals surface area contributed by atoms with Crippen LogP contribution in [0, 0.1) is 0 Å². The van der Waals surface area contributed by atoms with Gasteiger partial charge in [-0.3, -0.25) is 0 Å². The maximum absolute atomic E-state index is 11.4. The fourth-order valence-electron chi connectivity index (χ4n) is 1.73. The average Bonchev–Trinajstić information content (AvgIpc) is 2.36. The summed E-state index contributed by atoms with van der Waals surface area (Å²) in [6.07, 6.45) is 1.71. The van der Waals surface area contributed by atoms with Gasteiger partial charge in [0.1, 0.15) is 5.75 Å². The quantitative estimate of drug-likeness (QED) is 0.804. The Labute approximate surface area is 99.0 Å². The SMILES string of the molecule is C=Cc1ccc2c(O)cc(C(=O)OC)cc2c1. The maximum atomic E-state index is 11.4.